The topological polar surface area (TPSA) is 3.24 Å². The Morgan fingerprint density at radius 1 is 0.263 bits per heavy atom. The van der Waals surface area contributed by atoms with Gasteiger partial charge in [-0.15, -0.1) is 0 Å². The lowest BCUT2D eigenvalue weighted by Gasteiger charge is -2.25. The zero-order valence-corrected chi connectivity index (χ0v) is 31.5. The Balaban J connectivity index is 0.969. The molecule has 0 amide bonds. The van der Waals surface area contributed by atoms with Crippen LogP contribution in [-0.4, -0.2) is 0 Å². The van der Waals surface area contributed by atoms with E-state index in [0.717, 1.165) is 17.1 Å². The molecule has 57 heavy (non-hydrogen) atoms. The van der Waals surface area contributed by atoms with Crippen LogP contribution in [-0.2, 0) is 0 Å². The van der Waals surface area contributed by atoms with Crippen molar-refractivity contribution in [2.24, 2.45) is 0 Å². The number of para-hydroxylation sites is 2. The van der Waals surface area contributed by atoms with Gasteiger partial charge in [0.1, 0.15) is 0 Å². The van der Waals surface area contributed by atoms with Crippen LogP contribution in [0.3, 0.4) is 0 Å². The summed E-state index contributed by atoms with van der Waals surface area (Å²) in [5, 5.41) is 7.53. The number of benzene rings is 10. The van der Waals surface area contributed by atoms with Crippen LogP contribution >= 0.6 is 0 Å². The summed E-state index contributed by atoms with van der Waals surface area (Å²) in [6.07, 6.45) is 4.40. The van der Waals surface area contributed by atoms with E-state index in [9.17, 15) is 0 Å². The minimum Gasteiger partial charge on any atom is -0.311 e. The monoisotopic (exact) mass is 725 g/mol. The zero-order valence-electron chi connectivity index (χ0n) is 31.5. The molecule has 10 aromatic rings. The highest BCUT2D eigenvalue weighted by atomic mass is 15.1. The Morgan fingerprint density at radius 3 is 1.12 bits per heavy atom. The molecule has 1 nitrogen and oxygen atoms in total. The largest absolute Gasteiger partial charge is 0.311 e. The van der Waals surface area contributed by atoms with E-state index in [1.165, 1.54) is 76.8 Å². The van der Waals surface area contributed by atoms with Crippen LogP contribution < -0.4 is 4.90 Å². The Labute approximate surface area is 334 Å². The first-order chi connectivity index (χ1) is 28.3. The molecule has 0 atom stereocenters. The van der Waals surface area contributed by atoms with Crippen LogP contribution in [0.2, 0.25) is 0 Å². The van der Waals surface area contributed by atoms with Gasteiger partial charge in [-0.05, 0) is 119 Å². The summed E-state index contributed by atoms with van der Waals surface area (Å²) in [5.41, 5.74) is 13.1. The number of hydrogen-bond donors (Lipinski definition) is 0. The van der Waals surface area contributed by atoms with Crippen molar-refractivity contribution in [3.63, 3.8) is 0 Å². The predicted molar refractivity (Wildman–Crippen MR) is 245 cm³/mol. The van der Waals surface area contributed by atoms with Gasteiger partial charge >= 0.3 is 0 Å². The maximum Gasteiger partial charge on any atom is 0.0462 e. The summed E-state index contributed by atoms with van der Waals surface area (Å²) in [6, 6.07) is 81.0. The Morgan fingerprint density at radius 2 is 0.632 bits per heavy atom. The van der Waals surface area contributed by atoms with Gasteiger partial charge in [0.15, 0.2) is 0 Å². The molecule has 268 valence electrons. The zero-order chi connectivity index (χ0) is 38.0. The lowest BCUT2D eigenvalue weighted by molar-refractivity contribution is 1.28. The lowest BCUT2D eigenvalue weighted by Crippen LogP contribution is -2.09. The molecule has 0 saturated carbocycles. The highest BCUT2D eigenvalue weighted by molar-refractivity contribution is 6.21. The van der Waals surface area contributed by atoms with E-state index in [4.69, 9.17) is 0 Å². The van der Waals surface area contributed by atoms with Crippen LogP contribution in [0, 0.1) is 0 Å². The second-order valence-electron chi connectivity index (χ2n) is 14.5. The molecule has 0 fully saturated rings. The van der Waals surface area contributed by atoms with E-state index in [1.54, 1.807) is 0 Å². The molecular formula is C56H39N. The fourth-order valence-corrected chi connectivity index (χ4v) is 8.24. The Bertz CT molecular complexity index is 2920. The van der Waals surface area contributed by atoms with E-state index in [1.807, 2.05) is 0 Å². The van der Waals surface area contributed by atoms with Crippen LogP contribution in [0.4, 0.5) is 17.1 Å². The third-order valence-corrected chi connectivity index (χ3v) is 11.0. The Hall–Kier alpha value is -7.48. The van der Waals surface area contributed by atoms with Gasteiger partial charge in [0.2, 0.25) is 0 Å². The fourth-order valence-electron chi connectivity index (χ4n) is 8.24. The van der Waals surface area contributed by atoms with E-state index >= 15 is 0 Å². The maximum absolute atomic E-state index is 2.31. The standard InChI is InChI=1S/C56H39N/c1-3-15-48(16-4-1)57(49-17-5-2-6-18-49)50-37-35-45(36-38-50)56-53-21-11-9-19-51(53)55(52-20-10-12-22-54(52)56)44-31-27-41(28-32-44)24-23-40-25-29-43(30-26-40)47-34-33-42-13-7-8-14-46(42)39-47/h1-39H. The normalized spacial score (nSPS) is 11.4. The van der Waals surface area contributed by atoms with Crippen molar-refractivity contribution in [1.82, 2.24) is 0 Å². The average molecular weight is 726 g/mol. The third kappa shape index (κ3) is 6.66. The second-order valence-corrected chi connectivity index (χ2v) is 14.5. The van der Waals surface area contributed by atoms with Crippen molar-refractivity contribution >= 4 is 61.5 Å². The summed E-state index contributed by atoms with van der Waals surface area (Å²) in [5.74, 6) is 0. The molecule has 0 unspecified atom stereocenters. The van der Waals surface area contributed by atoms with Gasteiger partial charge in [0.25, 0.3) is 0 Å². The van der Waals surface area contributed by atoms with Crippen molar-refractivity contribution in [1.29, 1.82) is 0 Å². The first kappa shape index (κ1) is 34.0. The summed E-state index contributed by atoms with van der Waals surface area (Å²) < 4.78 is 0. The smallest absolute Gasteiger partial charge is 0.0462 e. The minimum absolute atomic E-state index is 1.12. The number of hydrogen-bond acceptors (Lipinski definition) is 1. The molecule has 0 aliphatic carbocycles. The van der Waals surface area contributed by atoms with E-state index < -0.39 is 0 Å². The molecule has 0 N–H and O–H groups in total. The van der Waals surface area contributed by atoms with Crippen LogP contribution in [0.15, 0.2) is 224 Å². The molecule has 0 spiro atoms. The van der Waals surface area contributed by atoms with Gasteiger partial charge in [0.05, 0.1) is 0 Å². The molecule has 1 heteroatoms. The van der Waals surface area contributed by atoms with Crippen molar-refractivity contribution in [3.05, 3.63) is 236 Å². The van der Waals surface area contributed by atoms with Gasteiger partial charge in [-0.3, -0.25) is 0 Å². The van der Waals surface area contributed by atoms with E-state index in [2.05, 4.69) is 242 Å². The number of rotatable bonds is 8. The van der Waals surface area contributed by atoms with Crippen molar-refractivity contribution in [3.8, 4) is 33.4 Å². The molecule has 0 heterocycles. The van der Waals surface area contributed by atoms with Crippen molar-refractivity contribution in [2.75, 3.05) is 4.90 Å². The highest BCUT2D eigenvalue weighted by Gasteiger charge is 2.18. The molecule has 0 aromatic heterocycles. The molecule has 0 saturated heterocycles. The van der Waals surface area contributed by atoms with Crippen molar-refractivity contribution < 1.29 is 0 Å². The molecule has 0 aliphatic heterocycles. The lowest BCUT2D eigenvalue weighted by atomic mass is 9.86. The minimum atomic E-state index is 1.12. The van der Waals surface area contributed by atoms with Gasteiger partial charge < -0.3 is 4.90 Å². The fraction of sp³-hybridized carbons (Fsp3) is 0. The van der Waals surface area contributed by atoms with E-state index in [-0.39, 0.29) is 0 Å². The second kappa shape index (κ2) is 15.0. The maximum atomic E-state index is 2.31. The average Bonchev–Trinajstić information content (AvgIpc) is 3.29. The van der Waals surface area contributed by atoms with Gasteiger partial charge in [-0.1, -0.05) is 194 Å². The summed E-state index contributed by atoms with van der Waals surface area (Å²) in [4.78, 5) is 2.31. The predicted octanol–water partition coefficient (Wildman–Crippen LogP) is 15.8. The first-order valence-electron chi connectivity index (χ1n) is 19.6. The molecule has 0 aliphatic rings. The first-order valence-corrected chi connectivity index (χ1v) is 19.6. The molecular weight excluding hydrogens is 687 g/mol. The summed E-state index contributed by atoms with van der Waals surface area (Å²) in [7, 11) is 0. The Kier molecular flexibility index (Phi) is 8.95. The number of nitrogens with zero attached hydrogens (tertiary/aromatic N) is 1. The quantitative estimate of drug-likeness (QED) is 0.111. The third-order valence-electron chi connectivity index (χ3n) is 11.0. The van der Waals surface area contributed by atoms with Crippen molar-refractivity contribution in [2.45, 2.75) is 0 Å². The molecule has 0 bridgehead atoms. The molecule has 10 rings (SSSR count). The van der Waals surface area contributed by atoms with Gasteiger partial charge in [0, 0.05) is 17.1 Å². The van der Waals surface area contributed by atoms with Crippen LogP contribution in [0.25, 0.3) is 77.9 Å². The van der Waals surface area contributed by atoms with E-state index in [0.29, 0.717) is 0 Å². The van der Waals surface area contributed by atoms with Crippen LogP contribution in [0.1, 0.15) is 11.1 Å². The van der Waals surface area contributed by atoms with Crippen LogP contribution in [0.5, 0.6) is 0 Å². The molecule has 10 aromatic carbocycles. The summed E-state index contributed by atoms with van der Waals surface area (Å²) in [6.45, 7) is 0. The molecule has 0 radical (unpaired) electrons. The number of anilines is 3. The summed E-state index contributed by atoms with van der Waals surface area (Å²) >= 11 is 0. The van der Waals surface area contributed by atoms with Gasteiger partial charge in [-0.2, -0.15) is 0 Å². The highest BCUT2D eigenvalue weighted by Crippen LogP contribution is 2.44. The number of fused-ring (bicyclic) bond motifs is 3. The SMILES string of the molecule is C(=Cc1ccc(-c2c3ccccc3c(-c3ccc(N(c4ccccc4)c4ccccc4)cc3)c3ccccc23)cc1)c1ccc(-c2ccc3ccccc3c2)cc1. The van der Waals surface area contributed by atoms with Gasteiger partial charge in [-0.25, -0.2) is 0 Å².